The topological polar surface area (TPSA) is 78.9 Å². The lowest BCUT2D eigenvalue weighted by molar-refractivity contribution is -0.176. The number of carbonyl (C=O) groups is 3. The lowest BCUT2D eigenvalue weighted by Gasteiger charge is -2.35. The smallest absolute Gasteiger partial charge is 0.310 e. The molecule has 0 aromatic rings. The minimum absolute atomic E-state index is 0.276. The number of esters is 3. The van der Waals surface area contributed by atoms with Gasteiger partial charge < -0.3 is 14.2 Å². The van der Waals surface area contributed by atoms with E-state index >= 15 is 0 Å². The third-order valence-electron chi connectivity index (χ3n) is 3.83. The lowest BCUT2D eigenvalue weighted by atomic mass is 9.71. The van der Waals surface area contributed by atoms with E-state index in [0.717, 1.165) is 0 Å². The third-order valence-corrected chi connectivity index (χ3v) is 3.83. The van der Waals surface area contributed by atoms with Crippen LogP contribution < -0.4 is 0 Å². The Morgan fingerprint density at radius 3 is 1.33 bits per heavy atom. The highest BCUT2D eigenvalue weighted by atomic mass is 16.6. The van der Waals surface area contributed by atoms with Gasteiger partial charge in [-0.2, -0.15) is 0 Å². The largest absolute Gasteiger partial charge is 0.463 e. The Kier molecular flexibility index (Phi) is 7.70. The molecule has 0 aromatic carbocycles. The summed E-state index contributed by atoms with van der Waals surface area (Å²) in [4.78, 5) is 37.4. The number of hydrogen-bond acceptors (Lipinski definition) is 6. The molecule has 2 atom stereocenters. The van der Waals surface area contributed by atoms with Gasteiger partial charge in [0.2, 0.25) is 0 Å². The number of hydrogen-bond donors (Lipinski definition) is 0. The van der Waals surface area contributed by atoms with Gasteiger partial charge in [0.1, 0.15) is 0 Å². The highest BCUT2D eigenvalue weighted by Crippen LogP contribution is 2.38. The van der Waals surface area contributed by atoms with E-state index in [-0.39, 0.29) is 18.3 Å². The molecule has 6 nitrogen and oxygen atoms in total. The van der Waals surface area contributed by atoms with Crippen LogP contribution in [0.2, 0.25) is 0 Å². The van der Waals surface area contributed by atoms with Gasteiger partial charge in [-0.3, -0.25) is 14.4 Å². The van der Waals surface area contributed by atoms with Crippen molar-refractivity contribution < 1.29 is 28.6 Å². The molecule has 6 heteroatoms. The fourth-order valence-corrected chi connectivity index (χ4v) is 3.00. The third kappa shape index (κ3) is 5.80. The molecule has 1 saturated carbocycles. The molecule has 0 aliphatic heterocycles. The molecule has 0 bridgehead atoms. The van der Waals surface area contributed by atoms with Crippen molar-refractivity contribution >= 4 is 17.9 Å². The van der Waals surface area contributed by atoms with E-state index in [1.807, 2.05) is 0 Å². The molecule has 0 aromatic heterocycles. The normalized spacial score (nSPS) is 24.1. The van der Waals surface area contributed by atoms with Crippen molar-refractivity contribution in [3.05, 3.63) is 0 Å². The van der Waals surface area contributed by atoms with Crippen LogP contribution in [0.5, 0.6) is 0 Å². The molecule has 2 unspecified atom stereocenters. The Morgan fingerprint density at radius 2 is 1.00 bits per heavy atom. The summed E-state index contributed by atoms with van der Waals surface area (Å²) < 4.78 is 15.9. The van der Waals surface area contributed by atoms with Gasteiger partial charge in [0.05, 0.1) is 36.1 Å². The van der Waals surface area contributed by atoms with E-state index in [4.69, 9.17) is 14.2 Å². The fraction of sp³-hybridized carbons (Fsp3) is 0.833. The Balaban J connectivity index is 3.05. The number of rotatable bonds is 6. The molecular weight excluding hydrogens is 312 g/mol. The van der Waals surface area contributed by atoms with Crippen LogP contribution in [0.4, 0.5) is 0 Å². The van der Waals surface area contributed by atoms with Gasteiger partial charge in [-0.05, 0) is 54.4 Å². The molecule has 24 heavy (non-hydrogen) atoms. The average molecular weight is 342 g/mol. The predicted molar refractivity (Wildman–Crippen MR) is 88.0 cm³/mol. The first kappa shape index (κ1) is 20.5. The van der Waals surface area contributed by atoms with E-state index < -0.39 is 35.7 Å². The minimum atomic E-state index is -0.848. The molecule has 1 fully saturated rings. The zero-order valence-electron chi connectivity index (χ0n) is 15.5. The van der Waals surface area contributed by atoms with Crippen molar-refractivity contribution in [3.8, 4) is 0 Å². The number of carbonyl (C=O) groups excluding carboxylic acids is 3. The molecule has 1 aliphatic carbocycles. The monoisotopic (exact) mass is 342 g/mol. The Bertz CT molecular complexity index is 424. The summed E-state index contributed by atoms with van der Waals surface area (Å²) in [5.41, 5.74) is 0. The first-order valence-electron chi connectivity index (χ1n) is 8.75. The second-order valence-corrected chi connectivity index (χ2v) is 7.13. The molecule has 0 radical (unpaired) electrons. The fourth-order valence-electron chi connectivity index (χ4n) is 3.00. The maximum absolute atomic E-state index is 12.6. The molecule has 1 rings (SSSR count). The van der Waals surface area contributed by atoms with Gasteiger partial charge >= 0.3 is 17.9 Å². The summed E-state index contributed by atoms with van der Waals surface area (Å²) in [5.74, 6) is -3.61. The second kappa shape index (κ2) is 9.04. The highest BCUT2D eigenvalue weighted by molar-refractivity contribution is 5.87. The van der Waals surface area contributed by atoms with Crippen LogP contribution in [0.3, 0.4) is 0 Å². The van der Waals surface area contributed by atoms with Crippen molar-refractivity contribution in [3.63, 3.8) is 0 Å². The van der Waals surface area contributed by atoms with Gasteiger partial charge in [-0.25, -0.2) is 0 Å². The maximum atomic E-state index is 12.6. The number of ether oxygens (including phenoxy) is 3. The zero-order valence-corrected chi connectivity index (χ0v) is 15.5. The van der Waals surface area contributed by atoms with Crippen LogP contribution in [0, 0.1) is 17.8 Å². The minimum Gasteiger partial charge on any atom is -0.463 e. The van der Waals surface area contributed by atoms with Crippen molar-refractivity contribution in [2.24, 2.45) is 17.8 Å². The van der Waals surface area contributed by atoms with Crippen LogP contribution in [0.25, 0.3) is 0 Å². The highest BCUT2D eigenvalue weighted by Gasteiger charge is 2.48. The van der Waals surface area contributed by atoms with Gasteiger partial charge in [0.25, 0.3) is 0 Å². The Hall–Kier alpha value is -1.59. The molecule has 0 saturated heterocycles. The average Bonchev–Trinajstić information content (AvgIpc) is 2.44. The summed E-state index contributed by atoms with van der Waals surface area (Å²) in [5, 5.41) is 0. The van der Waals surface area contributed by atoms with Gasteiger partial charge in [-0.15, -0.1) is 0 Å². The molecule has 138 valence electrons. The molecule has 0 amide bonds. The maximum Gasteiger partial charge on any atom is 0.310 e. The van der Waals surface area contributed by atoms with E-state index in [9.17, 15) is 14.4 Å². The van der Waals surface area contributed by atoms with Crippen LogP contribution in [-0.4, -0.2) is 36.2 Å². The summed E-state index contributed by atoms with van der Waals surface area (Å²) in [6.45, 7) is 10.5. The molecule has 0 spiro atoms. The summed E-state index contributed by atoms with van der Waals surface area (Å²) in [6, 6.07) is 0. The predicted octanol–water partition coefficient (Wildman–Crippen LogP) is 2.87. The molecule has 0 N–H and O–H groups in total. The molecule has 0 heterocycles. The molecule has 1 aliphatic rings. The van der Waals surface area contributed by atoms with E-state index in [1.165, 1.54) is 0 Å². The van der Waals surface area contributed by atoms with E-state index in [0.29, 0.717) is 19.3 Å². The van der Waals surface area contributed by atoms with Crippen LogP contribution >= 0.6 is 0 Å². The van der Waals surface area contributed by atoms with Crippen molar-refractivity contribution in [2.75, 3.05) is 0 Å². The summed E-state index contributed by atoms with van der Waals surface area (Å²) in [7, 11) is 0. The molecular formula is C18H30O6. The second-order valence-electron chi connectivity index (χ2n) is 7.13. The van der Waals surface area contributed by atoms with E-state index in [2.05, 4.69) is 0 Å². The van der Waals surface area contributed by atoms with Gasteiger partial charge in [0, 0.05) is 0 Å². The first-order chi connectivity index (χ1) is 11.1. The zero-order chi connectivity index (χ0) is 18.4. The van der Waals surface area contributed by atoms with Crippen molar-refractivity contribution in [1.29, 1.82) is 0 Å². The van der Waals surface area contributed by atoms with Gasteiger partial charge in [0.15, 0.2) is 0 Å². The van der Waals surface area contributed by atoms with E-state index in [1.54, 1.807) is 41.5 Å². The van der Waals surface area contributed by atoms with Gasteiger partial charge in [-0.1, -0.05) is 6.42 Å². The van der Waals surface area contributed by atoms with Crippen LogP contribution in [0.15, 0.2) is 0 Å². The Morgan fingerprint density at radius 1 is 0.667 bits per heavy atom. The van der Waals surface area contributed by atoms with Crippen molar-refractivity contribution in [1.82, 2.24) is 0 Å². The summed E-state index contributed by atoms with van der Waals surface area (Å²) in [6.07, 6.45) is 0.817. The first-order valence-corrected chi connectivity index (χ1v) is 8.75. The summed E-state index contributed by atoms with van der Waals surface area (Å²) >= 11 is 0. The quantitative estimate of drug-likeness (QED) is 0.545. The lowest BCUT2D eigenvalue weighted by Crippen LogP contribution is -2.45. The Labute approximate surface area is 144 Å². The van der Waals surface area contributed by atoms with Crippen LogP contribution in [-0.2, 0) is 28.6 Å². The van der Waals surface area contributed by atoms with Crippen LogP contribution in [0.1, 0.15) is 60.8 Å². The SMILES string of the molecule is CC(C)OC(=O)C1CCCC(C(=O)OC(C)C)C1C(=O)OC(C)C. The van der Waals surface area contributed by atoms with Crippen molar-refractivity contribution in [2.45, 2.75) is 79.1 Å². The standard InChI is InChI=1S/C18H30O6/c1-10(2)22-16(19)13-8-7-9-14(17(20)23-11(3)4)15(13)18(21)24-12(5)6/h10-15H,7-9H2,1-6H3.